The van der Waals surface area contributed by atoms with Crippen molar-refractivity contribution in [2.75, 3.05) is 7.11 Å². The highest BCUT2D eigenvalue weighted by atomic mass is 35.5. The van der Waals surface area contributed by atoms with Gasteiger partial charge < -0.3 is 9.47 Å². The molecular formula is C23H16Cl3NO5. The van der Waals surface area contributed by atoms with Gasteiger partial charge in [-0.3, -0.25) is 14.9 Å². The molecule has 0 N–H and O–H groups in total. The number of nitrogens with zero attached hydrogens (tertiary/aromatic N) is 1. The minimum atomic E-state index is -0.635. The number of ether oxygens (including phenoxy) is 2. The zero-order valence-corrected chi connectivity index (χ0v) is 18.9. The van der Waals surface area contributed by atoms with E-state index < -0.39 is 10.7 Å². The molecule has 164 valence electrons. The smallest absolute Gasteiger partial charge is 0.288 e. The van der Waals surface area contributed by atoms with Gasteiger partial charge in [-0.2, -0.15) is 0 Å². The van der Waals surface area contributed by atoms with E-state index in [0.717, 1.165) is 11.6 Å². The van der Waals surface area contributed by atoms with E-state index in [1.165, 1.54) is 25.3 Å². The quantitative estimate of drug-likeness (QED) is 0.146. The fourth-order valence-electron chi connectivity index (χ4n) is 2.78. The summed E-state index contributed by atoms with van der Waals surface area (Å²) in [5, 5.41) is 12.0. The molecule has 0 heterocycles. The first-order valence-electron chi connectivity index (χ1n) is 9.19. The average Bonchev–Trinajstić information content (AvgIpc) is 2.77. The van der Waals surface area contributed by atoms with E-state index in [1.807, 2.05) is 0 Å². The van der Waals surface area contributed by atoms with Crippen LogP contribution in [-0.2, 0) is 6.61 Å². The molecule has 3 aromatic carbocycles. The van der Waals surface area contributed by atoms with E-state index in [0.29, 0.717) is 27.1 Å². The van der Waals surface area contributed by atoms with Crippen LogP contribution in [0.3, 0.4) is 0 Å². The van der Waals surface area contributed by atoms with Crippen molar-refractivity contribution in [3.8, 4) is 11.5 Å². The van der Waals surface area contributed by atoms with Crippen molar-refractivity contribution in [2.24, 2.45) is 0 Å². The first-order chi connectivity index (χ1) is 15.3. The van der Waals surface area contributed by atoms with Crippen LogP contribution in [0.15, 0.2) is 60.7 Å². The molecule has 3 rings (SSSR count). The summed E-state index contributed by atoms with van der Waals surface area (Å²) >= 11 is 17.9. The summed E-state index contributed by atoms with van der Waals surface area (Å²) in [4.78, 5) is 22.8. The molecule has 32 heavy (non-hydrogen) atoms. The van der Waals surface area contributed by atoms with Crippen LogP contribution in [0.5, 0.6) is 11.5 Å². The van der Waals surface area contributed by atoms with E-state index in [2.05, 4.69) is 0 Å². The Kier molecular flexibility index (Phi) is 7.75. The molecule has 0 radical (unpaired) electrons. The maximum atomic E-state index is 12.4. The van der Waals surface area contributed by atoms with Crippen LogP contribution in [0.4, 0.5) is 5.69 Å². The Balaban J connectivity index is 1.74. The second-order valence-corrected chi connectivity index (χ2v) is 7.81. The van der Waals surface area contributed by atoms with Crippen molar-refractivity contribution in [2.45, 2.75) is 6.61 Å². The van der Waals surface area contributed by atoms with E-state index in [9.17, 15) is 14.9 Å². The van der Waals surface area contributed by atoms with Crippen LogP contribution in [-0.4, -0.2) is 17.8 Å². The number of benzene rings is 3. The highest BCUT2D eigenvalue weighted by Gasteiger charge is 2.15. The topological polar surface area (TPSA) is 78.7 Å². The molecule has 0 aliphatic heterocycles. The third-order valence-electron chi connectivity index (χ3n) is 4.44. The Bertz CT molecular complexity index is 1210. The van der Waals surface area contributed by atoms with E-state index >= 15 is 0 Å². The summed E-state index contributed by atoms with van der Waals surface area (Å²) in [6.45, 7) is 0.218. The zero-order valence-electron chi connectivity index (χ0n) is 16.7. The Hall–Kier alpha value is -3.06. The number of nitro groups is 1. The van der Waals surface area contributed by atoms with Gasteiger partial charge in [0, 0.05) is 27.2 Å². The Morgan fingerprint density at radius 3 is 2.47 bits per heavy atom. The highest BCUT2D eigenvalue weighted by molar-refractivity contribution is 6.35. The van der Waals surface area contributed by atoms with Gasteiger partial charge >= 0.3 is 0 Å². The third kappa shape index (κ3) is 5.79. The maximum absolute atomic E-state index is 12.4. The van der Waals surface area contributed by atoms with Gasteiger partial charge in [-0.05, 0) is 48.0 Å². The van der Waals surface area contributed by atoms with Gasteiger partial charge in [0.25, 0.3) is 5.69 Å². The van der Waals surface area contributed by atoms with Crippen LogP contribution in [0, 0.1) is 10.1 Å². The van der Waals surface area contributed by atoms with Crippen LogP contribution >= 0.6 is 34.8 Å². The van der Waals surface area contributed by atoms with Gasteiger partial charge in [0.2, 0.25) is 0 Å². The van der Waals surface area contributed by atoms with Crippen molar-refractivity contribution in [3.63, 3.8) is 0 Å². The van der Waals surface area contributed by atoms with Crippen LogP contribution in [0.2, 0.25) is 15.1 Å². The highest BCUT2D eigenvalue weighted by Crippen LogP contribution is 2.31. The standard InChI is InChI=1S/C23H16Cl3NO5/c1-31-23-10-14(2-8-21(28)15-5-7-18(25)20(11-15)27(29)30)3-9-22(23)32-13-16-4-6-17(24)12-19(16)26/h2-12H,13H2,1H3. The number of halogens is 3. The lowest BCUT2D eigenvalue weighted by atomic mass is 10.1. The summed E-state index contributed by atoms with van der Waals surface area (Å²) in [5.74, 6) is 0.559. The summed E-state index contributed by atoms with van der Waals surface area (Å²) in [6, 6.07) is 14.2. The minimum absolute atomic E-state index is 0.0317. The fraction of sp³-hybridized carbons (Fsp3) is 0.0870. The van der Waals surface area contributed by atoms with Gasteiger partial charge in [0.05, 0.1) is 12.0 Å². The molecule has 6 nitrogen and oxygen atoms in total. The minimum Gasteiger partial charge on any atom is -0.493 e. The molecule has 0 aliphatic rings. The first-order valence-corrected chi connectivity index (χ1v) is 10.3. The van der Waals surface area contributed by atoms with E-state index in [4.69, 9.17) is 44.3 Å². The van der Waals surface area contributed by atoms with Crippen molar-refractivity contribution in [1.82, 2.24) is 0 Å². The predicted octanol–water partition coefficient (Wildman–Crippen LogP) is 7.04. The largest absolute Gasteiger partial charge is 0.493 e. The number of carbonyl (C=O) groups is 1. The van der Waals surface area contributed by atoms with Crippen LogP contribution in [0.1, 0.15) is 21.5 Å². The molecule has 0 fully saturated rings. The lowest BCUT2D eigenvalue weighted by Crippen LogP contribution is -1.99. The van der Waals surface area contributed by atoms with Crippen molar-refractivity contribution < 1.29 is 19.2 Å². The Labute approximate surface area is 199 Å². The monoisotopic (exact) mass is 491 g/mol. The number of hydrogen-bond acceptors (Lipinski definition) is 5. The molecule has 0 aromatic heterocycles. The third-order valence-corrected chi connectivity index (χ3v) is 5.35. The van der Waals surface area contributed by atoms with Gasteiger partial charge in [-0.15, -0.1) is 0 Å². The predicted molar refractivity (Wildman–Crippen MR) is 125 cm³/mol. The lowest BCUT2D eigenvalue weighted by Gasteiger charge is -2.12. The SMILES string of the molecule is COc1cc(C=CC(=O)c2ccc(Cl)c([N+](=O)[O-])c2)ccc1OCc1ccc(Cl)cc1Cl. The molecular weight excluding hydrogens is 477 g/mol. The molecule has 0 saturated heterocycles. The first kappa shape index (κ1) is 23.6. The molecule has 3 aromatic rings. The average molecular weight is 493 g/mol. The maximum Gasteiger partial charge on any atom is 0.288 e. The number of carbonyl (C=O) groups excluding carboxylic acids is 1. The Morgan fingerprint density at radius 1 is 1.00 bits per heavy atom. The summed E-state index contributed by atoms with van der Waals surface area (Å²) in [5.41, 5.74) is 1.28. The van der Waals surface area contributed by atoms with Gasteiger partial charge in [0.1, 0.15) is 11.6 Å². The number of ketones is 1. The van der Waals surface area contributed by atoms with Gasteiger partial charge in [-0.25, -0.2) is 0 Å². The van der Waals surface area contributed by atoms with Crippen molar-refractivity contribution in [3.05, 3.63) is 103 Å². The number of methoxy groups -OCH3 is 1. The van der Waals surface area contributed by atoms with E-state index in [1.54, 1.807) is 42.5 Å². The fourth-order valence-corrected chi connectivity index (χ4v) is 3.42. The number of allylic oxidation sites excluding steroid dienone is 1. The molecule has 0 aliphatic carbocycles. The second-order valence-electron chi connectivity index (χ2n) is 6.56. The van der Waals surface area contributed by atoms with Gasteiger partial charge in [-0.1, -0.05) is 53.0 Å². The zero-order chi connectivity index (χ0) is 23.3. The molecule has 0 saturated carbocycles. The molecule has 0 atom stereocenters. The van der Waals surface area contributed by atoms with Crippen LogP contribution < -0.4 is 9.47 Å². The second kappa shape index (κ2) is 10.5. The molecule has 0 bridgehead atoms. The molecule has 0 amide bonds. The summed E-state index contributed by atoms with van der Waals surface area (Å²) < 4.78 is 11.2. The normalized spacial score (nSPS) is 10.9. The van der Waals surface area contributed by atoms with Gasteiger partial charge in [0.15, 0.2) is 17.3 Å². The van der Waals surface area contributed by atoms with Crippen molar-refractivity contribution in [1.29, 1.82) is 0 Å². The summed E-state index contributed by atoms with van der Waals surface area (Å²) in [7, 11) is 1.50. The van der Waals surface area contributed by atoms with E-state index in [-0.39, 0.29) is 22.9 Å². The number of rotatable bonds is 8. The lowest BCUT2D eigenvalue weighted by molar-refractivity contribution is -0.384. The van der Waals surface area contributed by atoms with Crippen molar-refractivity contribution >= 4 is 52.3 Å². The molecule has 9 heteroatoms. The number of nitro benzene ring substituents is 1. The van der Waals surface area contributed by atoms with Crippen LogP contribution in [0.25, 0.3) is 6.08 Å². The Morgan fingerprint density at radius 2 is 1.78 bits per heavy atom. The number of hydrogen-bond donors (Lipinski definition) is 0. The molecule has 0 spiro atoms. The summed E-state index contributed by atoms with van der Waals surface area (Å²) in [6.07, 6.45) is 2.89. The molecule has 0 unspecified atom stereocenters.